The van der Waals surface area contributed by atoms with Gasteiger partial charge in [0, 0.05) is 5.56 Å². The minimum Gasteiger partial charge on any atom is -0.451 e. The predicted octanol–water partition coefficient (Wildman–Crippen LogP) is 2.36. The quantitative estimate of drug-likeness (QED) is 0.392. The average Bonchev–Trinajstić information content (AvgIpc) is 2.46. The van der Waals surface area contributed by atoms with Gasteiger partial charge >= 0.3 is 6.09 Å². The summed E-state index contributed by atoms with van der Waals surface area (Å²) in [7, 11) is 1.22. The van der Waals surface area contributed by atoms with Crippen molar-refractivity contribution in [2.75, 3.05) is 13.7 Å². The number of hydrogen-bond donors (Lipinski definition) is 1. The van der Waals surface area contributed by atoms with E-state index in [9.17, 15) is 4.79 Å². The summed E-state index contributed by atoms with van der Waals surface area (Å²) in [5, 5.41) is 4.15. The van der Waals surface area contributed by atoms with Gasteiger partial charge in [-0.15, -0.1) is 6.42 Å². The van der Waals surface area contributed by atoms with E-state index in [-0.39, 0.29) is 12.4 Å². The van der Waals surface area contributed by atoms with Gasteiger partial charge < -0.3 is 14.4 Å². The van der Waals surface area contributed by atoms with E-state index < -0.39 is 6.09 Å². The van der Waals surface area contributed by atoms with Crippen molar-refractivity contribution in [1.29, 1.82) is 0 Å². The molecule has 0 fully saturated rings. The largest absolute Gasteiger partial charge is 0.451 e. The lowest BCUT2D eigenvalue weighted by atomic mass is 10.1. The molecule has 1 aromatic carbocycles. The smallest absolute Gasteiger partial charge is 0.440 e. The summed E-state index contributed by atoms with van der Waals surface area (Å²) < 4.78 is 4.37. The molecular weight excluding hydrogens is 284 g/mol. The number of carbonyl (C=O) groups is 1. The summed E-state index contributed by atoms with van der Waals surface area (Å²) in [5.74, 6) is 2.55. The topological polar surface area (TPSA) is 69.2 Å². The van der Waals surface area contributed by atoms with Crippen molar-refractivity contribution in [2.45, 2.75) is 6.92 Å². The second kappa shape index (κ2) is 7.92. The number of oxime groups is 1. The molecule has 6 nitrogen and oxygen atoms in total. The first kappa shape index (κ1) is 15.7. The second-order valence-electron chi connectivity index (χ2n) is 3.50. The fraction of sp³-hybridized carbons (Fsp3) is 0.231. The number of halogens is 1. The van der Waals surface area contributed by atoms with Crippen LogP contribution in [0.25, 0.3) is 0 Å². The molecule has 0 bridgehead atoms. The predicted molar refractivity (Wildman–Crippen MR) is 74.6 cm³/mol. The van der Waals surface area contributed by atoms with Gasteiger partial charge in [-0.1, -0.05) is 28.7 Å². The fourth-order valence-corrected chi connectivity index (χ4v) is 1.32. The molecule has 0 radical (unpaired) electrons. The molecule has 0 aliphatic heterocycles. The molecule has 1 aromatic rings. The van der Waals surface area contributed by atoms with Crippen LogP contribution in [0.15, 0.2) is 23.4 Å². The molecule has 0 spiro atoms. The summed E-state index contributed by atoms with van der Waals surface area (Å²) in [6, 6.07) is 4.92. The molecule has 0 aliphatic carbocycles. The number of nitrogens with zero attached hydrogens (tertiary/aromatic N) is 1. The highest BCUT2D eigenvalue weighted by Gasteiger charge is 2.08. The van der Waals surface area contributed by atoms with Crippen molar-refractivity contribution in [3.8, 4) is 18.1 Å². The molecule has 20 heavy (non-hydrogen) atoms. The van der Waals surface area contributed by atoms with Crippen molar-refractivity contribution in [3.63, 3.8) is 0 Å². The summed E-state index contributed by atoms with van der Waals surface area (Å²) in [5.41, 5.74) is 3.35. The van der Waals surface area contributed by atoms with Gasteiger partial charge in [-0.3, -0.25) is 0 Å². The van der Waals surface area contributed by atoms with E-state index in [0.717, 1.165) is 0 Å². The van der Waals surface area contributed by atoms with E-state index in [1.165, 1.54) is 7.11 Å². The first-order chi connectivity index (χ1) is 9.58. The Balaban J connectivity index is 2.82. The van der Waals surface area contributed by atoms with Crippen LogP contribution in [-0.2, 0) is 9.57 Å². The maximum atomic E-state index is 10.9. The summed E-state index contributed by atoms with van der Waals surface area (Å²) in [6.07, 6.45) is 4.30. The lowest BCUT2D eigenvalue weighted by Crippen LogP contribution is -2.26. The molecule has 0 unspecified atom stereocenters. The third-order valence-corrected chi connectivity index (χ3v) is 2.44. The van der Waals surface area contributed by atoms with E-state index in [4.69, 9.17) is 27.7 Å². The van der Waals surface area contributed by atoms with Crippen molar-refractivity contribution in [2.24, 2.45) is 5.16 Å². The van der Waals surface area contributed by atoms with Crippen LogP contribution in [0.5, 0.6) is 5.75 Å². The lowest BCUT2D eigenvalue weighted by molar-refractivity contribution is 0.118. The Bertz CT molecular complexity index is 552. The Kier molecular flexibility index (Phi) is 6.20. The van der Waals surface area contributed by atoms with Crippen LogP contribution in [0.1, 0.15) is 12.5 Å². The molecule has 106 valence electrons. The van der Waals surface area contributed by atoms with Gasteiger partial charge in [0.15, 0.2) is 12.4 Å². The molecule has 7 heteroatoms. The van der Waals surface area contributed by atoms with Gasteiger partial charge in [-0.05, 0) is 19.1 Å². The number of hydroxylamine groups is 1. The average molecular weight is 297 g/mol. The Morgan fingerprint density at radius 3 is 2.95 bits per heavy atom. The Hall–Kier alpha value is -2.39. The Labute approximate surface area is 121 Å². The molecule has 0 aromatic heterocycles. The monoisotopic (exact) mass is 296 g/mol. The van der Waals surface area contributed by atoms with Crippen molar-refractivity contribution in [3.05, 3.63) is 28.8 Å². The molecule has 0 saturated carbocycles. The molecule has 1 N–H and O–H groups in total. The molecule has 1 rings (SSSR count). The minimum atomic E-state index is -0.741. The third kappa shape index (κ3) is 4.71. The van der Waals surface area contributed by atoms with Crippen LogP contribution < -0.4 is 10.3 Å². The first-order valence-electron chi connectivity index (χ1n) is 5.49. The van der Waals surface area contributed by atoms with Crippen molar-refractivity contribution < 1.29 is 19.2 Å². The van der Waals surface area contributed by atoms with Gasteiger partial charge in [-0.25, -0.2) is 4.79 Å². The van der Waals surface area contributed by atoms with Crippen molar-refractivity contribution in [1.82, 2.24) is 5.48 Å². The molecule has 0 heterocycles. The van der Waals surface area contributed by atoms with Crippen molar-refractivity contribution >= 4 is 23.4 Å². The molecule has 0 atom stereocenters. The molecule has 0 saturated heterocycles. The van der Waals surface area contributed by atoms with Gasteiger partial charge in [-0.2, -0.15) is 5.48 Å². The number of methoxy groups -OCH3 is 1. The zero-order valence-corrected chi connectivity index (χ0v) is 11.7. The Morgan fingerprint density at radius 2 is 2.30 bits per heavy atom. The highest BCUT2D eigenvalue weighted by Crippen LogP contribution is 2.25. The molecule has 1 amide bonds. The Morgan fingerprint density at radius 1 is 1.55 bits per heavy atom. The molecule has 0 aliphatic rings. The second-order valence-corrected chi connectivity index (χ2v) is 3.90. The summed E-state index contributed by atoms with van der Waals surface area (Å²) in [4.78, 5) is 20.8. The van der Waals surface area contributed by atoms with Crippen LogP contribution in [0.3, 0.4) is 0 Å². The van der Waals surface area contributed by atoms with Crippen LogP contribution in [0.4, 0.5) is 4.79 Å². The zero-order chi connectivity index (χ0) is 15.0. The summed E-state index contributed by atoms with van der Waals surface area (Å²) in [6.45, 7) is 1.81. The standard InChI is InChI=1S/C13H13ClN2O4/c1-4-7-19-15-9(2)10-5-6-11(14)12(8-10)20-16-13(17)18-3/h1,5-6,8H,7H2,2-3H3,(H,16,17)/b15-9+. The number of carbonyl (C=O) groups excluding carboxylic acids is 1. The van der Waals surface area contributed by atoms with Crippen LogP contribution in [-0.4, -0.2) is 25.5 Å². The SMILES string of the molecule is C#CCO/N=C(\C)c1ccc(Cl)c(ONC(=O)OC)c1. The number of hydrogen-bond acceptors (Lipinski definition) is 5. The number of ether oxygens (including phenoxy) is 1. The van der Waals surface area contributed by atoms with E-state index >= 15 is 0 Å². The van der Waals surface area contributed by atoms with E-state index in [0.29, 0.717) is 16.3 Å². The van der Waals surface area contributed by atoms with E-state index in [2.05, 4.69) is 21.3 Å². The minimum absolute atomic E-state index is 0.0815. The van der Waals surface area contributed by atoms with E-state index in [1.54, 1.807) is 25.1 Å². The number of nitrogens with one attached hydrogen (secondary N) is 1. The summed E-state index contributed by atoms with van der Waals surface area (Å²) >= 11 is 5.94. The van der Waals surface area contributed by atoms with Crippen LogP contribution in [0.2, 0.25) is 5.02 Å². The van der Waals surface area contributed by atoms with Gasteiger partial charge in [0.05, 0.1) is 17.8 Å². The van der Waals surface area contributed by atoms with Gasteiger partial charge in [0.25, 0.3) is 0 Å². The number of benzene rings is 1. The zero-order valence-electron chi connectivity index (χ0n) is 11.0. The number of rotatable bonds is 5. The normalized spacial score (nSPS) is 10.4. The fourth-order valence-electron chi connectivity index (χ4n) is 1.16. The lowest BCUT2D eigenvalue weighted by Gasteiger charge is -2.09. The van der Waals surface area contributed by atoms with Gasteiger partial charge in [0.1, 0.15) is 0 Å². The van der Waals surface area contributed by atoms with Crippen LogP contribution in [0, 0.1) is 12.3 Å². The van der Waals surface area contributed by atoms with Gasteiger partial charge in [0.2, 0.25) is 0 Å². The molecular formula is C13H13ClN2O4. The maximum absolute atomic E-state index is 10.9. The number of amides is 1. The van der Waals surface area contributed by atoms with E-state index in [1.807, 2.05) is 0 Å². The number of terminal acetylenes is 1. The highest BCUT2D eigenvalue weighted by molar-refractivity contribution is 6.32. The third-order valence-electron chi connectivity index (χ3n) is 2.13. The first-order valence-corrected chi connectivity index (χ1v) is 5.87. The maximum Gasteiger partial charge on any atom is 0.440 e. The highest BCUT2D eigenvalue weighted by atomic mass is 35.5. The van der Waals surface area contributed by atoms with Crippen LogP contribution >= 0.6 is 11.6 Å².